The monoisotopic (exact) mass is 727 g/mol. The Morgan fingerprint density at radius 2 is 1.65 bits per heavy atom. The third kappa shape index (κ3) is 11.0. The van der Waals surface area contributed by atoms with Gasteiger partial charge in [-0.3, -0.25) is 9.69 Å². The van der Waals surface area contributed by atoms with Gasteiger partial charge in [-0.2, -0.15) is 0 Å². The Balaban J connectivity index is 0.00000504. The topological polar surface area (TPSA) is 64.1 Å². The summed E-state index contributed by atoms with van der Waals surface area (Å²) >= 11 is 6.18. The molecule has 1 fully saturated rings. The van der Waals surface area contributed by atoms with E-state index >= 15 is 0 Å². The average molecular weight is 729 g/mol. The number of hydrogen-bond acceptors (Lipinski definition) is 6. The lowest BCUT2D eigenvalue weighted by Crippen LogP contribution is -2.47. The second kappa shape index (κ2) is 18.4. The maximum Gasteiger partial charge on any atom is 0.246 e. The van der Waals surface area contributed by atoms with Crippen LogP contribution in [0.4, 0.5) is 4.39 Å². The van der Waals surface area contributed by atoms with E-state index in [0.29, 0.717) is 42.6 Å². The van der Waals surface area contributed by atoms with Crippen molar-refractivity contribution in [3.05, 3.63) is 154 Å². The molecule has 0 spiro atoms. The van der Waals surface area contributed by atoms with Crippen LogP contribution in [-0.4, -0.2) is 53.5 Å². The van der Waals surface area contributed by atoms with Crippen molar-refractivity contribution in [1.82, 2.24) is 14.8 Å². The highest BCUT2D eigenvalue weighted by Gasteiger charge is 2.20. The first kappa shape index (κ1) is 37.4. The fourth-order valence-corrected chi connectivity index (χ4v) is 5.76. The minimum Gasteiger partial charge on any atom is -0.493 e. The summed E-state index contributed by atoms with van der Waals surface area (Å²) in [7, 11) is 0. The second-order valence-electron chi connectivity index (χ2n) is 12.2. The molecule has 1 aromatic heterocycles. The fraction of sp³-hybridized carbons (Fsp3) is 0.220. The number of amides is 1. The van der Waals surface area contributed by atoms with Gasteiger partial charge in [0.15, 0.2) is 11.6 Å². The van der Waals surface area contributed by atoms with E-state index in [1.807, 2.05) is 41.3 Å². The van der Waals surface area contributed by atoms with Crippen molar-refractivity contribution in [2.24, 2.45) is 0 Å². The molecule has 0 unspecified atom stereocenters. The zero-order chi connectivity index (χ0) is 34.7. The van der Waals surface area contributed by atoms with Gasteiger partial charge in [0.05, 0.1) is 12.8 Å². The molecule has 0 bridgehead atoms. The molecule has 0 aliphatic carbocycles. The lowest BCUT2D eigenvalue weighted by molar-refractivity contribution is -0.127. The number of carbonyl (C=O) groups is 1. The Bertz CT molecular complexity index is 1910. The zero-order valence-electron chi connectivity index (χ0n) is 28.3. The summed E-state index contributed by atoms with van der Waals surface area (Å²) in [5, 5.41) is 0.627. The van der Waals surface area contributed by atoms with Crippen LogP contribution in [0.5, 0.6) is 23.1 Å². The molecule has 0 atom stereocenters. The number of aromatic nitrogens is 1. The van der Waals surface area contributed by atoms with Crippen LogP contribution >= 0.6 is 24.0 Å². The van der Waals surface area contributed by atoms with Crippen LogP contribution in [0, 0.1) is 12.7 Å². The van der Waals surface area contributed by atoms with Crippen LogP contribution in [0.1, 0.15) is 27.8 Å². The second-order valence-corrected chi connectivity index (χ2v) is 12.6. The maximum atomic E-state index is 14.9. The molecule has 0 radical (unpaired) electrons. The Labute approximate surface area is 309 Å². The van der Waals surface area contributed by atoms with Gasteiger partial charge in [-0.15, -0.1) is 12.4 Å². The SMILES string of the molecule is Cc1cccc(OCCc2ccc(CN3CCN(C(=O)/C=C/c4ccc(Oc5ccc(OCc6ccccc6Cl)cn5)c(F)c4)CC3)cc2)c1.Cl. The van der Waals surface area contributed by atoms with E-state index in [1.165, 1.54) is 41.1 Å². The van der Waals surface area contributed by atoms with Crippen molar-refractivity contribution < 1.29 is 23.4 Å². The highest BCUT2D eigenvalue weighted by atomic mass is 35.5. The minimum absolute atomic E-state index is 0. The maximum absolute atomic E-state index is 14.9. The molecule has 1 amide bonds. The van der Waals surface area contributed by atoms with Gasteiger partial charge < -0.3 is 19.1 Å². The first-order chi connectivity index (χ1) is 24.4. The largest absolute Gasteiger partial charge is 0.493 e. The van der Waals surface area contributed by atoms with Crippen LogP contribution in [0.2, 0.25) is 5.02 Å². The smallest absolute Gasteiger partial charge is 0.246 e. The van der Waals surface area contributed by atoms with E-state index in [9.17, 15) is 9.18 Å². The van der Waals surface area contributed by atoms with Crippen LogP contribution in [0.3, 0.4) is 0 Å². The normalized spacial score (nSPS) is 13.1. The number of piperazine rings is 1. The Hall–Kier alpha value is -4.89. The molecule has 51 heavy (non-hydrogen) atoms. The molecule has 1 aliphatic heterocycles. The third-order valence-corrected chi connectivity index (χ3v) is 8.78. The van der Waals surface area contributed by atoms with Gasteiger partial charge in [0.25, 0.3) is 0 Å². The average Bonchev–Trinajstić information content (AvgIpc) is 3.13. The molecule has 0 saturated carbocycles. The van der Waals surface area contributed by atoms with Gasteiger partial charge in [0.2, 0.25) is 11.8 Å². The molecule has 0 N–H and O–H groups in total. The molecular formula is C41H40Cl2FN3O4. The van der Waals surface area contributed by atoms with E-state index < -0.39 is 5.82 Å². The summed E-state index contributed by atoms with van der Waals surface area (Å²) in [6.45, 7) is 6.67. The third-order valence-electron chi connectivity index (χ3n) is 8.41. The van der Waals surface area contributed by atoms with Crippen LogP contribution < -0.4 is 14.2 Å². The molecule has 1 saturated heterocycles. The lowest BCUT2D eigenvalue weighted by atomic mass is 10.1. The van der Waals surface area contributed by atoms with E-state index in [-0.39, 0.29) is 29.9 Å². The molecular weight excluding hydrogens is 688 g/mol. The van der Waals surface area contributed by atoms with E-state index in [0.717, 1.165) is 37.4 Å². The van der Waals surface area contributed by atoms with E-state index in [2.05, 4.69) is 47.1 Å². The van der Waals surface area contributed by atoms with Crippen LogP contribution in [0.25, 0.3) is 6.08 Å². The first-order valence-electron chi connectivity index (χ1n) is 16.6. The number of hydrogen-bond donors (Lipinski definition) is 0. The summed E-state index contributed by atoms with van der Waals surface area (Å²) in [5.74, 6) is 1.04. The highest BCUT2D eigenvalue weighted by molar-refractivity contribution is 6.31. The fourth-order valence-electron chi connectivity index (χ4n) is 5.57. The summed E-state index contributed by atoms with van der Waals surface area (Å²) < 4.78 is 32.2. The van der Waals surface area contributed by atoms with Gasteiger partial charge in [-0.1, -0.05) is 72.3 Å². The molecule has 1 aliphatic rings. The van der Waals surface area contributed by atoms with Gasteiger partial charge in [-0.05, 0) is 71.7 Å². The predicted molar refractivity (Wildman–Crippen MR) is 201 cm³/mol. The number of halogens is 3. The van der Waals surface area contributed by atoms with Crippen molar-refractivity contribution >= 4 is 36.0 Å². The van der Waals surface area contributed by atoms with Crippen molar-refractivity contribution in [1.29, 1.82) is 0 Å². The standard InChI is InChI=1S/C41H39ClFN3O4.ClH/c1-30-5-4-7-35(25-30)48-24-19-31-9-11-33(12-10-31)28-45-20-22-46(23-21-45)41(47)18-14-32-13-16-39(38(43)26-32)50-40-17-15-36(27-44-40)49-29-34-6-2-3-8-37(34)42;/h2-18,25-27H,19-24,28-29H2,1H3;1H/b18-14+;. The number of benzene rings is 4. The van der Waals surface area contributed by atoms with Gasteiger partial charge in [-0.25, -0.2) is 9.37 Å². The van der Waals surface area contributed by atoms with Crippen LogP contribution in [0.15, 0.2) is 115 Å². The number of carbonyl (C=O) groups excluding carboxylic acids is 1. The van der Waals surface area contributed by atoms with Crippen molar-refractivity contribution in [3.63, 3.8) is 0 Å². The zero-order valence-corrected chi connectivity index (χ0v) is 29.9. The quantitative estimate of drug-likeness (QED) is 0.113. The number of pyridine rings is 1. The molecule has 6 rings (SSSR count). The summed E-state index contributed by atoms with van der Waals surface area (Å²) in [4.78, 5) is 21.3. The van der Waals surface area contributed by atoms with Crippen molar-refractivity contribution in [2.45, 2.75) is 26.5 Å². The highest BCUT2D eigenvalue weighted by Crippen LogP contribution is 2.26. The van der Waals surface area contributed by atoms with Crippen LogP contribution in [-0.2, 0) is 24.4 Å². The van der Waals surface area contributed by atoms with Crippen molar-refractivity contribution in [3.8, 4) is 23.1 Å². The summed E-state index contributed by atoms with van der Waals surface area (Å²) in [5.41, 5.74) is 5.09. The predicted octanol–water partition coefficient (Wildman–Crippen LogP) is 8.95. The summed E-state index contributed by atoms with van der Waals surface area (Å²) in [6.07, 6.45) is 5.48. The molecule has 5 aromatic rings. The molecule has 264 valence electrons. The molecule has 4 aromatic carbocycles. The number of ether oxygens (including phenoxy) is 3. The number of rotatable bonds is 13. The lowest BCUT2D eigenvalue weighted by Gasteiger charge is -2.34. The summed E-state index contributed by atoms with van der Waals surface area (Å²) in [6, 6.07) is 32.1. The van der Waals surface area contributed by atoms with Gasteiger partial charge in [0, 0.05) is 61.9 Å². The number of aryl methyl sites for hydroxylation is 1. The Morgan fingerprint density at radius 3 is 2.37 bits per heavy atom. The van der Waals surface area contributed by atoms with Gasteiger partial charge >= 0.3 is 0 Å². The van der Waals surface area contributed by atoms with Gasteiger partial charge in [0.1, 0.15) is 18.1 Å². The molecule has 7 nitrogen and oxygen atoms in total. The Kier molecular flexibility index (Phi) is 13.5. The Morgan fingerprint density at radius 1 is 0.863 bits per heavy atom. The molecule has 10 heteroatoms. The first-order valence-corrected chi connectivity index (χ1v) is 17.0. The van der Waals surface area contributed by atoms with E-state index in [1.54, 1.807) is 30.3 Å². The van der Waals surface area contributed by atoms with E-state index in [4.69, 9.17) is 25.8 Å². The minimum atomic E-state index is -0.558. The van der Waals surface area contributed by atoms with Crippen molar-refractivity contribution in [2.75, 3.05) is 32.8 Å². The number of nitrogens with zero attached hydrogens (tertiary/aromatic N) is 3. The molecule has 2 heterocycles.